The number of halogens is 1. The molecule has 2 saturated heterocycles. The molecule has 0 saturated carbocycles. The molecular formula is C26H28ClN5O2. The van der Waals surface area contributed by atoms with E-state index in [0.717, 1.165) is 56.3 Å². The number of piperazine rings is 1. The lowest BCUT2D eigenvalue weighted by molar-refractivity contribution is -0.136. The molecule has 0 unspecified atom stereocenters. The summed E-state index contributed by atoms with van der Waals surface area (Å²) in [6.45, 7) is 4.50. The smallest absolute Gasteiger partial charge is 0.263 e. The van der Waals surface area contributed by atoms with Crippen molar-refractivity contribution in [3.63, 3.8) is 0 Å². The number of hydrogen-bond acceptors (Lipinski definition) is 6. The molecule has 0 spiro atoms. The van der Waals surface area contributed by atoms with Gasteiger partial charge in [0.2, 0.25) is 5.91 Å². The fourth-order valence-corrected chi connectivity index (χ4v) is 4.88. The average Bonchev–Trinajstić information content (AvgIpc) is 2.89. The first-order valence-corrected chi connectivity index (χ1v) is 12.1. The molecule has 1 aromatic heterocycles. The van der Waals surface area contributed by atoms with E-state index in [1.807, 2.05) is 53.4 Å². The highest BCUT2D eigenvalue weighted by Crippen LogP contribution is 2.31. The number of benzene rings is 2. The van der Waals surface area contributed by atoms with Gasteiger partial charge in [0, 0.05) is 62.4 Å². The van der Waals surface area contributed by atoms with Gasteiger partial charge >= 0.3 is 0 Å². The summed E-state index contributed by atoms with van der Waals surface area (Å²) in [5.41, 5.74) is 1.11. The van der Waals surface area contributed by atoms with Crippen LogP contribution in [-0.2, 0) is 4.79 Å². The topological polar surface area (TPSA) is 61.8 Å². The average molecular weight is 478 g/mol. The number of piperidine rings is 1. The Hall–Kier alpha value is -3.32. The van der Waals surface area contributed by atoms with Gasteiger partial charge in [0.25, 0.3) is 5.88 Å². The fourth-order valence-electron chi connectivity index (χ4n) is 4.69. The quantitative estimate of drug-likeness (QED) is 0.539. The van der Waals surface area contributed by atoms with Crippen LogP contribution in [0.1, 0.15) is 12.8 Å². The molecule has 176 valence electrons. The van der Waals surface area contributed by atoms with Crippen LogP contribution >= 0.6 is 11.6 Å². The van der Waals surface area contributed by atoms with Gasteiger partial charge < -0.3 is 19.4 Å². The van der Waals surface area contributed by atoms with Crippen molar-refractivity contribution in [1.82, 2.24) is 14.9 Å². The molecule has 7 nitrogen and oxygen atoms in total. The second-order valence-electron chi connectivity index (χ2n) is 8.68. The molecule has 3 heterocycles. The summed E-state index contributed by atoms with van der Waals surface area (Å²) in [5, 5.41) is 0.734. The number of amides is 1. The van der Waals surface area contributed by atoms with Crippen molar-refractivity contribution < 1.29 is 9.53 Å². The number of carbonyl (C=O) groups is 1. The molecule has 0 bridgehead atoms. The summed E-state index contributed by atoms with van der Waals surface area (Å²) in [4.78, 5) is 28.8. The summed E-state index contributed by atoms with van der Waals surface area (Å²) < 4.78 is 6.01. The Morgan fingerprint density at radius 1 is 0.912 bits per heavy atom. The van der Waals surface area contributed by atoms with E-state index >= 15 is 0 Å². The molecule has 2 aliphatic heterocycles. The minimum Gasteiger partial charge on any atom is -0.436 e. The van der Waals surface area contributed by atoms with Crippen LogP contribution in [-0.4, -0.2) is 60.0 Å². The van der Waals surface area contributed by atoms with Gasteiger partial charge in [0.05, 0.1) is 5.92 Å². The minimum atomic E-state index is -0.0574. The van der Waals surface area contributed by atoms with Gasteiger partial charge in [-0.05, 0) is 43.2 Å². The third-order valence-electron chi connectivity index (χ3n) is 6.44. The predicted octanol–water partition coefficient (Wildman–Crippen LogP) is 4.49. The predicted molar refractivity (Wildman–Crippen MR) is 134 cm³/mol. The summed E-state index contributed by atoms with van der Waals surface area (Å²) in [6, 6.07) is 17.5. The molecular weight excluding hydrogens is 450 g/mol. The first-order chi connectivity index (χ1) is 16.7. The fraction of sp³-hybridized carbons (Fsp3) is 0.346. The molecule has 0 radical (unpaired) electrons. The number of nitrogens with zero attached hydrogens (tertiary/aromatic N) is 5. The summed E-state index contributed by atoms with van der Waals surface area (Å²) >= 11 is 6.15. The zero-order chi connectivity index (χ0) is 23.3. The van der Waals surface area contributed by atoms with Crippen molar-refractivity contribution in [3.8, 4) is 11.6 Å². The Kier molecular flexibility index (Phi) is 6.81. The number of para-hydroxylation sites is 1. The number of rotatable bonds is 5. The molecule has 5 rings (SSSR count). The van der Waals surface area contributed by atoms with Crippen molar-refractivity contribution in [2.24, 2.45) is 5.92 Å². The van der Waals surface area contributed by atoms with E-state index in [2.05, 4.69) is 25.8 Å². The molecule has 34 heavy (non-hydrogen) atoms. The van der Waals surface area contributed by atoms with Gasteiger partial charge in [-0.15, -0.1) is 0 Å². The second kappa shape index (κ2) is 10.3. The number of carbonyl (C=O) groups excluding carboxylic acids is 1. The minimum absolute atomic E-state index is 0.0574. The summed E-state index contributed by atoms with van der Waals surface area (Å²) in [5.74, 6) is 2.04. The van der Waals surface area contributed by atoms with Crippen LogP contribution in [0.15, 0.2) is 67.0 Å². The van der Waals surface area contributed by atoms with Crippen molar-refractivity contribution >= 4 is 29.0 Å². The largest absolute Gasteiger partial charge is 0.436 e. The third kappa shape index (κ3) is 5.09. The highest BCUT2D eigenvalue weighted by atomic mass is 35.5. The van der Waals surface area contributed by atoms with Gasteiger partial charge in [0.15, 0.2) is 5.82 Å². The second-order valence-corrected chi connectivity index (χ2v) is 9.11. The molecule has 1 atom stereocenters. The van der Waals surface area contributed by atoms with Crippen molar-refractivity contribution in [2.75, 3.05) is 49.1 Å². The lowest BCUT2D eigenvalue weighted by atomic mass is 9.96. The van der Waals surface area contributed by atoms with Crippen LogP contribution in [0.25, 0.3) is 0 Å². The Morgan fingerprint density at radius 2 is 1.71 bits per heavy atom. The van der Waals surface area contributed by atoms with E-state index in [-0.39, 0.29) is 11.8 Å². The summed E-state index contributed by atoms with van der Waals surface area (Å²) in [6.07, 6.45) is 5.13. The normalized spacial score (nSPS) is 18.6. The number of ether oxygens (including phenoxy) is 1. The molecule has 2 aromatic carbocycles. The van der Waals surface area contributed by atoms with E-state index in [1.165, 1.54) is 0 Å². The maximum Gasteiger partial charge on any atom is 0.263 e. The van der Waals surface area contributed by atoms with Crippen LogP contribution in [0.5, 0.6) is 11.6 Å². The maximum absolute atomic E-state index is 13.4. The standard InChI is InChI=1S/C26H28ClN5O2/c27-21-7-4-8-22(18-21)30-14-16-31(17-15-30)26(33)20-6-5-13-32(19-20)24-25(29-12-11-28-24)34-23-9-2-1-3-10-23/h1-4,7-12,18,20H,5-6,13-17,19H2/t20-/m1/s1. The van der Waals surface area contributed by atoms with Crippen LogP contribution in [0.3, 0.4) is 0 Å². The zero-order valence-corrected chi connectivity index (χ0v) is 19.8. The molecule has 1 amide bonds. The Bertz CT molecular complexity index is 1120. The first kappa shape index (κ1) is 22.5. The van der Waals surface area contributed by atoms with Crippen LogP contribution < -0.4 is 14.5 Å². The van der Waals surface area contributed by atoms with Crippen LogP contribution in [0.4, 0.5) is 11.5 Å². The highest BCUT2D eigenvalue weighted by molar-refractivity contribution is 6.30. The van der Waals surface area contributed by atoms with E-state index in [9.17, 15) is 4.79 Å². The number of hydrogen-bond donors (Lipinski definition) is 0. The van der Waals surface area contributed by atoms with Gasteiger partial charge in [-0.1, -0.05) is 35.9 Å². The Balaban J connectivity index is 1.23. The zero-order valence-electron chi connectivity index (χ0n) is 19.0. The van der Waals surface area contributed by atoms with E-state index < -0.39 is 0 Å². The monoisotopic (exact) mass is 477 g/mol. The molecule has 0 aliphatic carbocycles. The Morgan fingerprint density at radius 3 is 2.50 bits per heavy atom. The van der Waals surface area contributed by atoms with Gasteiger partial charge in [0.1, 0.15) is 5.75 Å². The Labute approximate surface area is 204 Å². The molecule has 3 aromatic rings. The van der Waals surface area contributed by atoms with E-state index in [4.69, 9.17) is 16.3 Å². The van der Waals surface area contributed by atoms with Crippen molar-refractivity contribution in [3.05, 3.63) is 72.0 Å². The maximum atomic E-state index is 13.4. The van der Waals surface area contributed by atoms with Gasteiger partial charge in [-0.3, -0.25) is 4.79 Å². The van der Waals surface area contributed by atoms with Crippen molar-refractivity contribution in [1.29, 1.82) is 0 Å². The number of anilines is 2. The molecule has 2 fully saturated rings. The third-order valence-corrected chi connectivity index (χ3v) is 6.67. The van der Waals surface area contributed by atoms with E-state index in [1.54, 1.807) is 12.4 Å². The lowest BCUT2D eigenvalue weighted by Gasteiger charge is -2.40. The highest BCUT2D eigenvalue weighted by Gasteiger charge is 2.32. The lowest BCUT2D eigenvalue weighted by Crippen LogP contribution is -2.52. The first-order valence-electron chi connectivity index (χ1n) is 11.8. The molecule has 0 N–H and O–H groups in total. The van der Waals surface area contributed by atoms with Crippen LogP contribution in [0, 0.1) is 5.92 Å². The van der Waals surface area contributed by atoms with Gasteiger partial charge in [-0.25, -0.2) is 9.97 Å². The van der Waals surface area contributed by atoms with Gasteiger partial charge in [-0.2, -0.15) is 0 Å². The van der Waals surface area contributed by atoms with E-state index in [0.29, 0.717) is 24.0 Å². The SMILES string of the molecule is O=C([C@@H]1CCCN(c2nccnc2Oc2ccccc2)C1)N1CCN(c2cccc(Cl)c2)CC1. The van der Waals surface area contributed by atoms with Crippen molar-refractivity contribution in [2.45, 2.75) is 12.8 Å². The van der Waals surface area contributed by atoms with Crippen LogP contribution in [0.2, 0.25) is 5.02 Å². The summed E-state index contributed by atoms with van der Waals surface area (Å²) in [7, 11) is 0. The molecule has 8 heteroatoms. The number of aromatic nitrogens is 2. The molecule has 2 aliphatic rings.